The van der Waals surface area contributed by atoms with Crippen LogP contribution < -0.4 is 11.1 Å². The number of amides is 1. The molecule has 6 heteroatoms. The number of allylic oxidation sites excluding steroid dienone is 1. The van der Waals surface area contributed by atoms with Crippen LogP contribution in [0, 0.1) is 0 Å². The largest absolute Gasteiger partial charge is 0.393 e. The van der Waals surface area contributed by atoms with Gasteiger partial charge in [-0.25, -0.2) is 0 Å². The highest BCUT2D eigenvalue weighted by Crippen LogP contribution is 2.15. The summed E-state index contributed by atoms with van der Waals surface area (Å²) >= 11 is 5.80. The molecule has 2 rings (SSSR count). The minimum Gasteiger partial charge on any atom is -0.393 e. The topological polar surface area (TPSA) is 67.6 Å². The zero-order chi connectivity index (χ0) is 14.5. The van der Waals surface area contributed by atoms with Crippen molar-refractivity contribution in [3.63, 3.8) is 0 Å². The highest BCUT2D eigenvalue weighted by atomic mass is 35.5. The van der Waals surface area contributed by atoms with Crippen molar-refractivity contribution in [3.05, 3.63) is 40.7 Å². The number of rotatable bonds is 3. The number of carbonyl (C=O) groups is 1. The third-order valence-corrected chi connectivity index (χ3v) is 3.47. The molecule has 1 aromatic carbocycles. The zero-order valence-electron chi connectivity index (χ0n) is 11.4. The molecule has 0 bridgehead atoms. The summed E-state index contributed by atoms with van der Waals surface area (Å²) in [5.41, 5.74) is 7.59. The van der Waals surface area contributed by atoms with E-state index in [4.69, 9.17) is 22.1 Å². The van der Waals surface area contributed by atoms with E-state index in [-0.39, 0.29) is 11.6 Å². The van der Waals surface area contributed by atoms with Gasteiger partial charge < -0.3 is 20.7 Å². The van der Waals surface area contributed by atoms with Gasteiger partial charge in [-0.2, -0.15) is 0 Å². The highest BCUT2D eigenvalue weighted by Gasteiger charge is 2.16. The number of ether oxygens (including phenoxy) is 1. The average molecular weight is 296 g/mol. The van der Waals surface area contributed by atoms with Crippen LogP contribution in [0.1, 0.15) is 6.92 Å². The smallest absolute Gasteiger partial charge is 0.273 e. The van der Waals surface area contributed by atoms with Gasteiger partial charge in [0, 0.05) is 29.5 Å². The summed E-state index contributed by atoms with van der Waals surface area (Å²) in [6.07, 6.45) is 0. The first kappa shape index (κ1) is 14.7. The maximum atomic E-state index is 12.1. The van der Waals surface area contributed by atoms with E-state index in [0.29, 0.717) is 23.9 Å². The van der Waals surface area contributed by atoms with Gasteiger partial charge in [0.05, 0.1) is 13.2 Å². The van der Waals surface area contributed by atoms with Gasteiger partial charge in [0.15, 0.2) is 0 Å². The Morgan fingerprint density at radius 2 is 1.90 bits per heavy atom. The van der Waals surface area contributed by atoms with Gasteiger partial charge >= 0.3 is 0 Å². The lowest BCUT2D eigenvalue weighted by Crippen LogP contribution is -2.37. The van der Waals surface area contributed by atoms with E-state index in [2.05, 4.69) is 10.2 Å². The van der Waals surface area contributed by atoms with Crippen molar-refractivity contribution in [2.75, 3.05) is 31.6 Å². The minimum atomic E-state index is -0.309. The maximum absolute atomic E-state index is 12.1. The summed E-state index contributed by atoms with van der Waals surface area (Å²) in [4.78, 5) is 14.2. The van der Waals surface area contributed by atoms with Gasteiger partial charge in [0.1, 0.15) is 5.70 Å². The van der Waals surface area contributed by atoms with E-state index in [1.54, 1.807) is 24.3 Å². The predicted octanol–water partition coefficient (Wildman–Crippen LogP) is 1.80. The van der Waals surface area contributed by atoms with Crippen LogP contribution in [-0.4, -0.2) is 37.1 Å². The lowest BCUT2D eigenvalue weighted by Gasteiger charge is -2.30. The van der Waals surface area contributed by atoms with Crippen LogP contribution >= 0.6 is 11.6 Å². The summed E-state index contributed by atoms with van der Waals surface area (Å²) in [5.74, 6) is -0.309. The Labute approximate surface area is 123 Å². The Morgan fingerprint density at radius 1 is 1.30 bits per heavy atom. The van der Waals surface area contributed by atoms with Crippen molar-refractivity contribution < 1.29 is 9.53 Å². The van der Waals surface area contributed by atoms with Crippen LogP contribution in [0.2, 0.25) is 5.02 Å². The summed E-state index contributed by atoms with van der Waals surface area (Å²) in [6.45, 7) is 4.66. The zero-order valence-corrected chi connectivity index (χ0v) is 12.1. The number of nitrogens with zero attached hydrogens (tertiary/aromatic N) is 1. The molecule has 3 N–H and O–H groups in total. The number of halogens is 1. The molecule has 0 aromatic heterocycles. The first-order valence-electron chi connectivity index (χ1n) is 6.44. The van der Waals surface area contributed by atoms with E-state index in [0.717, 1.165) is 18.8 Å². The monoisotopic (exact) mass is 295 g/mol. The van der Waals surface area contributed by atoms with Crippen molar-refractivity contribution in [2.24, 2.45) is 5.73 Å². The molecular weight excluding hydrogens is 278 g/mol. The van der Waals surface area contributed by atoms with E-state index >= 15 is 0 Å². The first-order chi connectivity index (χ1) is 9.58. The van der Waals surface area contributed by atoms with Crippen molar-refractivity contribution in [3.8, 4) is 0 Å². The molecule has 1 fully saturated rings. The fourth-order valence-electron chi connectivity index (χ4n) is 1.97. The Bertz CT molecular complexity index is 508. The van der Waals surface area contributed by atoms with E-state index in [1.807, 2.05) is 6.92 Å². The molecule has 108 valence electrons. The second kappa shape index (κ2) is 6.63. The molecule has 0 atom stereocenters. The molecule has 1 aliphatic heterocycles. The lowest BCUT2D eigenvalue weighted by atomic mass is 10.2. The van der Waals surface area contributed by atoms with Crippen LogP contribution in [0.4, 0.5) is 5.69 Å². The first-order valence-corrected chi connectivity index (χ1v) is 6.81. The Kier molecular flexibility index (Phi) is 4.87. The molecule has 1 saturated heterocycles. The van der Waals surface area contributed by atoms with Crippen molar-refractivity contribution in [2.45, 2.75) is 6.92 Å². The number of anilines is 1. The van der Waals surface area contributed by atoms with Crippen LogP contribution in [0.3, 0.4) is 0 Å². The fourth-order valence-corrected chi connectivity index (χ4v) is 2.09. The number of hydrogen-bond acceptors (Lipinski definition) is 4. The Hall–Kier alpha value is -1.72. The molecule has 1 aromatic rings. The van der Waals surface area contributed by atoms with Crippen molar-refractivity contribution in [1.29, 1.82) is 0 Å². The van der Waals surface area contributed by atoms with Crippen LogP contribution in [0.5, 0.6) is 0 Å². The predicted molar refractivity (Wildman–Crippen MR) is 79.4 cm³/mol. The molecule has 0 aliphatic carbocycles. The highest BCUT2D eigenvalue weighted by molar-refractivity contribution is 6.30. The number of carbonyl (C=O) groups excluding carboxylic acids is 1. The molecule has 1 aliphatic rings. The third kappa shape index (κ3) is 3.65. The van der Waals surface area contributed by atoms with E-state index in [1.165, 1.54) is 0 Å². The van der Waals surface area contributed by atoms with E-state index < -0.39 is 0 Å². The van der Waals surface area contributed by atoms with Gasteiger partial charge in [-0.15, -0.1) is 0 Å². The second-order valence-corrected chi connectivity index (χ2v) is 5.00. The number of morpholine rings is 1. The van der Waals surface area contributed by atoms with Crippen LogP contribution in [0.15, 0.2) is 35.7 Å². The van der Waals surface area contributed by atoms with Gasteiger partial charge in [0.25, 0.3) is 5.91 Å². The molecule has 5 nitrogen and oxygen atoms in total. The van der Waals surface area contributed by atoms with Gasteiger partial charge in [-0.05, 0) is 31.2 Å². The van der Waals surface area contributed by atoms with Crippen molar-refractivity contribution >= 4 is 23.2 Å². The Balaban J connectivity index is 2.04. The SMILES string of the molecule is C/C(=C(\N)C(=O)Nc1ccc(Cl)cc1)N1CCOCC1. The Morgan fingerprint density at radius 3 is 2.50 bits per heavy atom. The van der Waals surface area contributed by atoms with Gasteiger partial charge in [-0.3, -0.25) is 4.79 Å². The van der Waals surface area contributed by atoms with Crippen LogP contribution in [-0.2, 0) is 9.53 Å². The van der Waals surface area contributed by atoms with E-state index in [9.17, 15) is 4.79 Å². The molecule has 0 saturated carbocycles. The molecule has 0 unspecified atom stereocenters. The molecular formula is C14H18ClN3O2. The molecule has 0 spiro atoms. The normalized spacial score (nSPS) is 16.6. The average Bonchev–Trinajstić information content (AvgIpc) is 2.49. The lowest BCUT2D eigenvalue weighted by molar-refractivity contribution is -0.113. The third-order valence-electron chi connectivity index (χ3n) is 3.22. The number of benzene rings is 1. The summed E-state index contributed by atoms with van der Waals surface area (Å²) in [7, 11) is 0. The minimum absolute atomic E-state index is 0.224. The number of nitrogens with two attached hydrogens (primary N) is 1. The number of hydrogen-bond donors (Lipinski definition) is 2. The molecule has 1 heterocycles. The van der Waals surface area contributed by atoms with Gasteiger partial charge in [-0.1, -0.05) is 11.6 Å². The summed E-state index contributed by atoms with van der Waals surface area (Å²) in [5, 5.41) is 3.37. The number of nitrogens with one attached hydrogen (secondary N) is 1. The fraction of sp³-hybridized carbons (Fsp3) is 0.357. The second-order valence-electron chi connectivity index (χ2n) is 4.56. The van der Waals surface area contributed by atoms with Crippen LogP contribution in [0.25, 0.3) is 0 Å². The summed E-state index contributed by atoms with van der Waals surface area (Å²) in [6, 6.07) is 6.90. The maximum Gasteiger partial charge on any atom is 0.273 e. The molecule has 1 amide bonds. The quantitative estimate of drug-likeness (QED) is 0.835. The molecule has 20 heavy (non-hydrogen) atoms. The standard InChI is InChI=1S/C14H18ClN3O2/c1-10(18-6-8-20-9-7-18)13(16)14(19)17-12-4-2-11(15)3-5-12/h2-5H,6-9,16H2,1H3,(H,17,19)/b13-10+. The van der Waals surface area contributed by atoms with Crippen molar-refractivity contribution in [1.82, 2.24) is 4.90 Å². The molecule has 0 radical (unpaired) electrons. The van der Waals surface area contributed by atoms with Gasteiger partial charge in [0.2, 0.25) is 0 Å². The summed E-state index contributed by atoms with van der Waals surface area (Å²) < 4.78 is 5.28.